The second-order valence-electron chi connectivity index (χ2n) is 9.84. The minimum absolute atomic E-state index is 0.274. The van der Waals surface area contributed by atoms with Crippen molar-refractivity contribution in [3.05, 3.63) is 88.0 Å². The van der Waals surface area contributed by atoms with Crippen LogP contribution in [0.25, 0.3) is 0 Å². The van der Waals surface area contributed by atoms with Gasteiger partial charge in [0, 0.05) is 23.5 Å². The van der Waals surface area contributed by atoms with Crippen molar-refractivity contribution in [1.82, 2.24) is 14.8 Å². The first-order chi connectivity index (χ1) is 17.7. The molecule has 0 radical (unpaired) electrons. The number of halogens is 1. The van der Waals surface area contributed by atoms with Gasteiger partial charge in [-0.1, -0.05) is 18.2 Å². The minimum Gasteiger partial charge on any atom is -0.497 e. The van der Waals surface area contributed by atoms with E-state index in [1.807, 2.05) is 30.5 Å². The molecule has 1 spiro atoms. The number of rotatable bonds is 7. The van der Waals surface area contributed by atoms with Gasteiger partial charge >= 0.3 is 6.03 Å². The van der Waals surface area contributed by atoms with Gasteiger partial charge in [0.25, 0.3) is 5.91 Å². The molecule has 0 saturated carbocycles. The molecule has 2 heterocycles. The number of fused-ring (bicyclic) bond motifs is 2. The van der Waals surface area contributed by atoms with Crippen molar-refractivity contribution in [2.75, 3.05) is 13.7 Å². The van der Waals surface area contributed by atoms with Gasteiger partial charge in [0.1, 0.15) is 17.1 Å². The molecule has 1 N–H and O–H groups in total. The van der Waals surface area contributed by atoms with Crippen LogP contribution in [0.1, 0.15) is 51.3 Å². The highest BCUT2D eigenvalue weighted by Crippen LogP contribution is 2.41. The quantitative estimate of drug-likeness (QED) is 0.381. The van der Waals surface area contributed by atoms with Gasteiger partial charge in [-0.3, -0.25) is 14.5 Å². The summed E-state index contributed by atoms with van der Waals surface area (Å²) < 4.78 is 20.6. The highest BCUT2D eigenvalue weighted by atomic mass is 19.1. The van der Waals surface area contributed by atoms with Crippen LogP contribution in [-0.4, -0.2) is 40.8 Å². The number of nitrogens with one attached hydrogen (secondary N) is 1. The summed E-state index contributed by atoms with van der Waals surface area (Å²) in [7, 11) is 1.59. The lowest BCUT2D eigenvalue weighted by Crippen LogP contribution is -2.46. The molecular weight excluding hydrogens is 473 g/mol. The Morgan fingerprint density at radius 1 is 1.11 bits per heavy atom. The standard InChI is InChI=1S/C29H30FN3O4/c1-18-15-24(19(2)32(18)14-12-20-6-8-22(30)9-7-20)26(34)17-33-27(35)29(31-28(33)36)13-4-5-21-16-23(37-3)10-11-25(21)29/h6-11,15-16H,4-5,12-14,17H2,1-3H3,(H,31,36)/t29-/m1/s1. The van der Waals surface area contributed by atoms with Crippen molar-refractivity contribution >= 4 is 17.7 Å². The van der Waals surface area contributed by atoms with E-state index in [9.17, 15) is 18.8 Å². The largest absolute Gasteiger partial charge is 0.497 e. The summed E-state index contributed by atoms with van der Waals surface area (Å²) in [5.74, 6) is -0.243. The summed E-state index contributed by atoms with van der Waals surface area (Å²) >= 11 is 0. The summed E-state index contributed by atoms with van der Waals surface area (Å²) in [6, 6.07) is 13.2. The molecule has 2 aliphatic rings. The Labute approximate surface area is 215 Å². The number of aryl methyl sites for hydroxylation is 3. The zero-order valence-electron chi connectivity index (χ0n) is 21.3. The zero-order valence-corrected chi connectivity index (χ0v) is 21.3. The lowest BCUT2D eigenvalue weighted by atomic mass is 9.76. The Bertz CT molecular complexity index is 1390. The number of carbonyl (C=O) groups excluding carboxylic acids is 3. The maximum atomic E-state index is 13.6. The summed E-state index contributed by atoms with van der Waals surface area (Å²) in [4.78, 5) is 41.0. The first kappa shape index (κ1) is 24.7. The Morgan fingerprint density at radius 2 is 1.86 bits per heavy atom. The highest BCUT2D eigenvalue weighted by Gasteiger charge is 2.54. The molecule has 7 nitrogen and oxygen atoms in total. The van der Waals surface area contributed by atoms with Crippen molar-refractivity contribution in [2.45, 2.75) is 51.6 Å². The van der Waals surface area contributed by atoms with Crippen molar-refractivity contribution in [2.24, 2.45) is 0 Å². The number of methoxy groups -OCH3 is 1. The fourth-order valence-electron chi connectivity index (χ4n) is 5.67. The highest BCUT2D eigenvalue weighted by molar-refractivity contribution is 6.12. The molecule has 192 valence electrons. The second kappa shape index (κ2) is 9.50. The molecule has 1 aliphatic carbocycles. The van der Waals surface area contributed by atoms with Gasteiger partial charge in [-0.05, 0) is 86.6 Å². The van der Waals surface area contributed by atoms with Crippen molar-refractivity contribution in [3.8, 4) is 5.75 Å². The lowest BCUT2D eigenvalue weighted by Gasteiger charge is -2.33. The number of ketones is 1. The van der Waals surface area contributed by atoms with Crippen LogP contribution in [0.4, 0.5) is 9.18 Å². The average molecular weight is 504 g/mol. The summed E-state index contributed by atoms with van der Waals surface area (Å²) in [6.45, 7) is 4.09. The van der Waals surface area contributed by atoms with Crippen LogP contribution in [0, 0.1) is 19.7 Å². The first-order valence-electron chi connectivity index (χ1n) is 12.5. The van der Waals surface area contributed by atoms with Crippen LogP contribution < -0.4 is 10.1 Å². The molecule has 1 atom stereocenters. The van der Waals surface area contributed by atoms with Gasteiger partial charge in [-0.2, -0.15) is 0 Å². The first-order valence-corrected chi connectivity index (χ1v) is 12.5. The SMILES string of the molecule is COc1ccc2c(c1)CCC[C@@]21NC(=O)N(CC(=O)c2cc(C)n(CCc3ccc(F)cc3)c2C)C1=O. The number of hydrogen-bond acceptors (Lipinski definition) is 4. The van der Waals surface area contributed by atoms with Crippen LogP contribution in [-0.2, 0) is 29.7 Å². The molecule has 2 aromatic carbocycles. The number of Topliss-reactive ketones (excluding diaryl/α,β-unsaturated/α-hetero) is 1. The van der Waals surface area contributed by atoms with E-state index >= 15 is 0 Å². The zero-order chi connectivity index (χ0) is 26.3. The molecule has 3 amide bonds. The van der Waals surface area contributed by atoms with Gasteiger partial charge in [0.2, 0.25) is 0 Å². The molecule has 3 aromatic rings. The topological polar surface area (TPSA) is 80.6 Å². The van der Waals surface area contributed by atoms with Crippen LogP contribution in [0.2, 0.25) is 0 Å². The molecule has 0 bridgehead atoms. The summed E-state index contributed by atoms with van der Waals surface area (Å²) in [6.07, 6.45) is 2.70. The Hall–Kier alpha value is -3.94. The number of aromatic nitrogens is 1. The van der Waals surface area contributed by atoms with Gasteiger partial charge in [0.05, 0.1) is 13.7 Å². The molecule has 1 aromatic heterocycles. The van der Waals surface area contributed by atoms with Gasteiger partial charge in [-0.25, -0.2) is 9.18 Å². The molecule has 1 fully saturated rings. The van der Waals surface area contributed by atoms with Crippen molar-refractivity contribution < 1.29 is 23.5 Å². The fraction of sp³-hybridized carbons (Fsp3) is 0.345. The van der Waals surface area contributed by atoms with Crippen molar-refractivity contribution in [3.63, 3.8) is 0 Å². The molecule has 1 saturated heterocycles. The maximum absolute atomic E-state index is 13.6. The fourth-order valence-corrected chi connectivity index (χ4v) is 5.67. The Morgan fingerprint density at radius 3 is 2.59 bits per heavy atom. The number of nitrogens with zero attached hydrogens (tertiary/aromatic N) is 2. The van der Waals surface area contributed by atoms with E-state index in [1.165, 1.54) is 12.1 Å². The number of benzene rings is 2. The van der Waals surface area contributed by atoms with Gasteiger partial charge < -0.3 is 14.6 Å². The maximum Gasteiger partial charge on any atom is 0.325 e. The summed E-state index contributed by atoms with van der Waals surface area (Å²) in [5, 5.41) is 2.91. The van der Waals surface area contributed by atoms with E-state index in [0.29, 0.717) is 30.7 Å². The number of ether oxygens (including phenoxy) is 1. The number of hydrogen-bond donors (Lipinski definition) is 1. The van der Waals surface area contributed by atoms with Gasteiger partial charge in [0.15, 0.2) is 5.78 Å². The second-order valence-corrected chi connectivity index (χ2v) is 9.84. The third kappa shape index (κ3) is 4.30. The van der Waals surface area contributed by atoms with Crippen LogP contribution in [0.15, 0.2) is 48.5 Å². The Kier molecular flexibility index (Phi) is 6.35. The van der Waals surface area contributed by atoms with E-state index in [1.54, 1.807) is 31.4 Å². The van der Waals surface area contributed by atoms with E-state index in [4.69, 9.17) is 4.74 Å². The number of amides is 3. The number of urea groups is 1. The van der Waals surface area contributed by atoms with Crippen LogP contribution in [0.3, 0.4) is 0 Å². The average Bonchev–Trinajstić information content (AvgIpc) is 3.30. The van der Waals surface area contributed by atoms with E-state index in [2.05, 4.69) is 5.32 Å². The molecule has 0 unspecified atom stereocenters. The normalized spacial score (nSPS) is 18.8. The molecule has 8 heteroatoms. The predicted octanol–water partition coefficient (Wildman–Crippen LogP) is 4.46. The minimum atomic E-state index is -1.15. The number of imide groups is 1. The third-order valence-electron chi connectivity index (χ3n) is 7.66. The predicted molar refractivity (Wildman–Crippen MR) is 136 cm³/mol. The van der Waals surface area contributed by atoms with Crippen molar-refractivity contribution in [1.29, 1.82) is 0 Å². The van der Waals surface area contributed by atoms with E-state index in [-0.39, 0.29) is 24.1 Å². The molecule has 1 aliphatic heterocycles. The number of carbonyl (C=O) groups is 3. The monoisotopic (exact) mass is 503 g/mol. The summed E-state index contributed by atoms with van der Waals surface area (Å²) in [5.41, 5.74) is 3.77. The van der Waals surface area contributed by atoms with Crippen LogP contribution in [0.5, 0.6) is 5.75 Å². The lowest BCUT2D eigenvalue weighted by molar-refractivity contribution is -0.131. The third-order valence-corrected chi connectivity index (χ3v) is 7.66. The van der Waals surface area contributed by atoms with E-state index < -0.39 is 11.6 Å². The molecular formula is C29H30FN3O4. The van der Waals surface area contributed by atoms with E-state index in [0.717, 1.165) is 45.8 Å². The smallest absolute Gasteiger partial charge is 0.325 e. The Balaban J connectivity index is 1.34. The molecule has 37 heavy (non-hydrogen) atoms. The van der Waals surface area contributed by atoms with Crippen LogP contribution >= 0.6 is 0 Å². The van der Waals surface area contributed by atoms with Gasteiger partial charge in [-0.15, -0.1) is 0 Å². The molecule has 5 rings (SSSR count).